The van der Waals surface area contributed by atoms with Gasteiger partial charge < -0.3 is 25.2 Å². The Morgan fingerprint density at radius 3 is 2.35 bits per heavy atom. The summed E-state index contributed by atoms with van der Waals surface area (Å²) < 4.78 is 20.0. The Balaban J connectivity index is 1.39. The molecule has 4 atom stereocenters. The summed E-state index contributed by atoms with van der Waals surface area (Å²) in [5, 5.41) is 23.4. The summed E-state index contributed by atoms with van der Waals surface area (Å²) >= 11 is 0. The lowest BCUT2D eigenvalue weighted by molar-refractivity contribution is -0.124. The number of para-hydroxylation sites is 1. The van der Waals surface area contributed by atoms with E-state index in [0.29, 0.717) is 19.6 Å². The minimum Gasteiger partial charge on any atom is -0.486 e. The molecule has 5 rings (SSSR count). The monoisotopic (exact) mass is 625 g/mol. The number of nitrogens with zero attached hydrogens (tertiary/aromatic N) is 2. The van der Waals surface area contributed by atoms with Crippen molar-refractivity contribution < 1.29 is 28.9 Å². The van der Waals surface area contributed by atoms with Crippen molar-refractivity contribution in [1.29, 1.82) is 0 Å². The second kappa shape index (κ2) is 14.7. The van der Waals surface area contributed by atoms with Crippen molar-refractivity contribution in [2.24, 2.45) is 5.92 Å². The number of hydrogen-bond donors (Lipinski definition) is 3. The quantitative estimate of drug-likeness (QED) is 0.215. The molecule has 0 spiro atoms. The van der Waals surface area contributed by atoms with Gasteiger partial charge in [-0.15, -0.1) is 0 Å². The second-order valence-corrected chi connectivity index (χ2v) is 12.0. The first-order valence-electron chi connectivity index (χ1n) is 15.4. The number of amides is 2. The average molecular weight is 626 g/mol. The van der Waals surface area contributed by atoms with Crippen LogP contribution in [0.25, 0.3) is 11.1 Å². The molecule has 240 valence electrons. The molecule has 0 bridgehead atoms. The number of hydrogen-bond acceptors (Lipinski definition) is 6. The summed E-state index contributed by atoms with van der Waals surface area (Å²) in [5.74, 6) is -1.51. The summed E-state index contributed by atoms with van der Waals surface area (Å²) in [6.45, 7) is 5.12. The number of halogens is 1. The molecule has 9 heteroatoms. The first-order valence-corrected chi connectivity index (χ1v) is 15.4. The van der Waals surface area contributed by atoms with Crippen molar-refractivity contribution in [2.45, 2.75) is 38.6 Å². The number of anilines is 1. The van der Waals surface area contributed by atoms with Crippen LogP contribution >= 0.6 is 0 Å². The van der Waals surface area contributed by atoms with Crippen molar-refractivity contribution in [1.82, 2.24) is 9.80 Å². The Hall–Kier alpha value is -4.57. The molecular formula is C37H40FN3O5. The van der Waals surface area contributed by atoms with E-state index < -0.39 is 30.0 Å². The average Bonchev–Trinajstić information content (AvgIpc) is 3.07. The molecule has 8 nitrogen and oxygen atoms in total. The summed E-state index contributed by atoms with van der Waals surface area (Å²) in [7, 11) is 2.01. The standard InChI is InChI=1S/C37H40FN3O5/c1-24-20-41(25(2)23-42)37(45)31-10-7-11-32(39-36(44)34(43)29-16-18-30(38)19-17-29)35(31)46-33(24)22-40(3)21-26-12-14-28(15-13-26)27-8-5-4-6-9-27/h4-19,24-25,33-34,42-43H,20-23H2,1-3H3,(H,39,44)/t24-,25+,33-,34?/m1/s1. The zero-order chi connectivity index (χ0) is 32.8. The van der Waals surface area contributed by atoms with Gasteiger partial charge in [0.1, 0.15) is 11.9 Å². The van der Waals surface area contributed by atoms with Gasteiger partial charge in [0.25, 0.3) is 11.8 Å². The fourth-order valence-electron chi connectivity index (χ4n) is 5.67. The molecule has 0 saturated carbocycles. The minimum atomic E-state index is -1.57. The number of benzene rings is 4. The zero-order valence-corrected chi connectivity index (χ0v) is 26.3. The number of aliphatic hydroxyl groups excluding tert-OH is 2. The van der Waals surface area contributed by atoms with E-state index in [4.69, 9.17) is 4.74 Å². The van der Waals surface area contributed by atoms with Crippen LogP contribution in [-0.2, 0) is 11.3 Å². The highest BCUT2D eigenvalue weighted by Crippen LogP contribution is 2.35. The molecule has 4 aromatic rings. The predicted octanol–water partition coefficient (Wildman–Crippen LogP) is 5.52. The molecule has 3 N–H and O–H groups in total. The Kier molecular flexibility index (Phi) is 10.5. The van der Waals surface area contributed by atoms with E-state index in [-0.39, 0.29) is 41.0 Å². The molecule has 46 heavy (non-hydrogen) atoms. The van der Waals surface area contributed by atoms with E-state index >= 15 is 0 Å². The molecule has 0 aromatic heterocycles. The van der Waals surface area contributed by atoms with Crippen LogP contribution in [0.2, 0.25) is 0 Å². The van der Waals surface area contributed by atoms with Gasteiger partial charge in [-0.2, -0.15) is 0 Å². The van der Waals surface area contributed by atoms with Crippen molar-refractivity contribution in [3.8, 4) is 16.9 Å². The minimum absolute atomic E-state index is 0.137. The van der Waals surface area contributed by atoms with E-state index in [1.807, 2.05) is 32.2 Å². The van der Waals surface area contributed by atoms with Crippen molar-refractivity contribution >= 4 is 17.5 Å². The van der Waals surface area contributed by atoms with Crippen molar-refractivity contribution in [3.05, 3.63) is 120 Å². The molecule has 1 aliphatic rings. The van der Waals surface area contributed by atoms with Gasteiger partial charge in [-0.1, -0.05) is 79.7 Å². The zero-order valence-electron chi connectivity index (χ0n) is 26.3. The highest BCUT2D eigenvalue weighted by atomic mass is 19.1. The number of rotatable bonds is 10. The number of ether oxygens (including phenoxy) is 1. The van der Waals surface area contributed by atoms with Crippen LogP contribution in [-0.4, -0.2) is 70.7 Å². The van der Waals surface area contributed by atoms with Gasteiger partial charge in [-0.3, -0.25) is 14.5 Å². The van der Waals surface area contributed by atoms with Crippen LogP contribution in [0.1, 0.15) is 41.4 Å². The molecule has 1 heterocycles. The number of carbonyl (C=O) groups excluding carboxylic acids is 2. The van der Waals surface area contributed by atoms with Gasteiger partial charge in [0, 0.05) is 25.6 Å². The lowest BCUT2D eigenvalue weighted by Gasteiger charge is -2.38. The van der Waals surface area contributed by atoms with Gasteiger partial charge in [0.05, 0.1) is 23.9 Å². The van der Waals surface area contributed by atoms with E-state index in [2.05, 4.69) is 46.6 Å². The third-order valence-corrected chi connectivity index (χ3v) is 8.39. The number of carbonyl (C=O) groups is 2. The molecule has 0 fully saturated rings. The van der Waals surface area contributed by atoms with Crippen LogP contribution in [0, 0.1) is 11.7 Å². The van der Waals surface area contributed by atoms with E-state index in [0.717, 1.165) is 16.7 Å². The molecule has 0 aliphatic carbocycles. The van der Waals surface area contributed by atoms with Gasteiger partial charge in [0.15, 0.2) is 11.9 Å². The molecule has 4 aromatic carbocycles. The van der Waals surface area contributed by atoms with Crippen LogP contribution < -0.4 is 10.1 Å². The van der Waals surface area contributed by atoms with E-state index in [1.54, 1.807) is 30.0 Å². The van der Waals surface area contributed by atoms with E-state index in [9.17, 15) is 24.2 Å². The Labute approximate surface area is 269 Å². The topological polar surface area (TPSA) is 102 Å². The van der Waals surface area contributed by atoms with Crippen LogP contribution in [0.5, 0.6) is 5.75 Å². The summed E-state index contributed by atoms with van der Waals surface area (Å²) in [5.41, 5.74) is 4.12. The molecule has 0 radical (unpaired) electrons. The third kappa shape index (κ3) is 7.62. The lowest BCUT2D eigenvalue weighted by Crippen LogP contribution is -2.49. The van der Waals surface area contributed by atoms with Gasteiger partial charge in [-0.05, 0) is 60.5 Å². The normalized spacial score (nSPS) is 17.8. The van der Waals surface area contributed by atoms with Gasteiger partial charge >= 0.3 is 0 Å². The number of nitrogens with one attached hydrogen (secondary N) is 1. The van der Waals surface area contributed by atoms with Crippen LogP contribution in [0.15, 0.2) is 97.1 Å². The van der Waals surface area contributed by atoms with Crippen LogP contribution in [0.3, 0.4) is 0 Å². The molecule has 1 unspecified atom stereocenters. The second-order valence-electron chi connectivity index (χ2n) is 12.0. The molecule has 0 saturated heterocycles. The lowest BCUT2D eigenvalue weighted by atomic mass is 9.98. The van der Waals surface area contributed by atoms with Crippen molar-refractivity contribution in [2.75, 3.05) is 32.1 Å². The summed E-state index contributed by atoms with van der Waals surface area (Å²) in [6.07, 6.45) is -1.96. The maximum Gasteiger partial charge on any atom is 0.258 e. The summed E-state index contributed by atoms with van der Waals surface area (Å²) in [6, 6.07) is 28.1. The molecular weight excluding hydrogens is 585 g/mol. The van der Waals surface area contributed by atoms with Crippen LogP contribution in [0.4, 0.5) is 10.1 Å². The predicted molar refractivity (Wildman–Crippen MR) is 176 cm³/mol. The fourth-order valence-corrected chi connectivity index (χ4v) is 5.67. The maximum atomic E-state index is 13.8. The Morgan fingerprint density at radius 1 is 1.00 bits per heavy atom. The fraction of sp³-hybridized carbons (Fsp3) is 0.297. The smallest absolute Gasteiger partial charge is 0.258 e. The molecule has 1 aliphatic heterocycles. The first-order chi connectivity index (χ1) is 22.1. The van der Waals surface area contributed by atoms with Gasteiger partial charge in [-0.25, -0.2) is 4.39 Å². The number of aliphatic hydroxyl groups is 2. The SMILES string of the molecule is C[C@@H]1CN([C@@H](C)CO)C(=O)c2cccc(NC(=O)C(O)c3ccc(F)cc3)c2O[C@@H]1CN(C)Cc1ccc(-c2ccccc2)cc1. The van der Waals surface area contributed by atoms with Gasteiger partial charge in [0.2, 0.25) is 0 Å². The van der Waals surface area contributed by atoms with Crippen molar-refractivity contribution in [3.63, 3.8) is 0 Å². The largest absolute Gasteiger partial charge is 0.486 e. The maximum absolute atomic E-state index is 13.8. The Morgan fingerprint density at radius 2 is 1.67 bits per heavy atom. The first kappa shape index (κ1) is 32.8. The number of likely N-dealkylation sites (N-methyl/N-ethyl adjacent to an activating group) is 1. The third-order valence-electron chi connectivity index (χ3n) is 8.39. The number of fused-ring (bicyclic) bond motifs is 1. The highest BCUT2D eigenvalue weighted by Gasteiger charge is 2.35. The Bertz CT molecular complexity index is 1630. The molecule has 2 amide bonds. The highest BCUT2D eigenvalue weighted by molar-refractivity contribution is 6.02. The van der Waals surface area contributed by atoms with E-state index in [1.165, 1.54) is 24.3 Å². The summed E-state index contributed by atoms with van der Waals surface area (Å²) in [4.78, 5) is 30.7.